The number of aryl methyl sites for hydroxylation is 2. The van der Waals surface area contributed by atoms with Crippen LogP contribution in [0.4, 0.5) is 5.69 Å². The first-order valence-corrected chi connectivity index (χ1v) is 5.78. The van der Waals surface area contributed by atoms with Crippen LogP contribution in [0.5, 0.6) is 0 Å². The van der Waals surface area contributed by atoms with E-state index < -0.39 is 0 Å². The molecular weight excluding hydrogens is 198 g/mol. The number of anilines is 1. The number of aliphatic hydroxyl groups is 1. The molecule has 3 rings (SSSR count). The Kier molecular flexibility index (Phi) is 2.29. The fourth-order valence-corrected chi connectivity index (χ4v) is 2.59. The molecule has 0 aliphatic heterocycles. The van der Waals surface area contributed by atoms with Gasteiger partial charge in [-0.1, -0.05) is 24.3 Å². The van der Waals surface area contributed by atoms with E-state index in [1.807, 2.05) is 0 Å². The highest BCUT2D eigenvalue weighted by atomic mass is 16.3. The normalized spacial score (nSPS) is 13.3. The van der Waals surface area contributed by atoms with Gasteiger partial charge in [0.2, 0.25) is 0 Å². The third-order valence-corrected chi connectivity index (χ3v) is 3.30. The lowest BCUT2D eigenvalue weighted by atomic mass is 10.0. The highest BCUT2D eigenvalue weighted by Crippen LogP contribution is 2.34. The van der Waals surface area contributed by atoms with Crippen molar-refractivity contribution in [2.75, 3.05) is 18.5 Å². The molecule has 0 aromatic heterocycles. The van der Waals surface area contributed by atoms with Crippen molar-refractivity contribution in [3.63, 3.8) is 0 Å². The van der Waals surface area contributed by atoms with Crippen molar-refractivity contribution in [2.45, 2.75) is 12.8 Å². The lowest BCUT2D eigenvalue weighted by Crippen LogP contribution is -2.05. The van der Waals surface area contributed by atoms with Crippen LogP contribution in [0, 0.1) is 0 Å². The molecule has 0 heterocycles. The summed E-state index contributed by atoms with van der Waals surface area (Å²) < 4.78 is 0. The molecule has 82 valence electrons. The Bertz CT molecular complexity index is 523. The second kappa shape index (κ2) is 3.80. The average Bonchev–Trinajstić information content (AvgIpc) is 2.74. The number of aliphatic hydroxyl groups excluding tert-OH is 1. The summed E-state index contributed by atoms with van der Waals surface area (Å²) in [5, 5.41) is 14.8. The predicted molar refractivity (Wildman–Crippen MR) is 66.9 cm³/mol. The van der Waals surface area contributed by atoms with Gasteiger partial charge >= 0.3 is 0 Å². The first kappa shape index (κ1) is 9.67. The molecule has 1 aliphatic carbocycles. The van der Waals surface area contributed by atoms with Gasteiger partial charge in [0.05, 0.1) is 6.61 Å². The van der Waals surface area contributed by atoms with Gasteiger partial charge in [-0.05, 0) is 35.4 Å². The lowest BCUT2D eigenvalue weighted by Gasteiger charge is -2.10. The summed E-state index contributed by atoms with van der Waals surface area (Å²) in [5.41, 5.74) is 4.05. The molecule has 2 N–H and O–H groups in total. The third-order valence-electron chi connectivity index (χ3n) is 3.30. The Balaban J connectivity index is 2.18. The molecular formula is C14H15NO. The van der Waals surface area contributed by atoms with E-state index >= 15 is 0 Å². The Morgan fingerprint density at radius 2 is 1.88 bits per heavy atom. The highest BCUT2D eigenvalue weighted by Gasteiger charge is 2.15. The molecule has 1 aliphatic rings. The lowest BCUT2D eigenvalue weighted by molar-refractivity contribution is 0.311. The fraction of sp³-hybridized carbons (Fsp3) is 0.286. The number of nitrogens with one attached hydrogen (secondary N) is 1. The monoisotopic (exact) mass is 213 g/mol. The second-order valence-corrected chi connectivity index (χ2v) is 4.26. The molecule has 2 aromatic carbocycles. The molecule has 2 aromatic rings. The maximum absolute atomic E-state index is 8.86. The van der Waals surface area contributed by atoms with Crippen LogP contribution >= 0.6 is 0 Å². The van der Waals surface area contributed by atoms with E-state index in [9.17, 15) is 0 Å². The first-order valence-electron chi connectivity index (χ1n) is 5.78. The van der Waals surface area contributed by atoms with Crippen molar-refractivity contribution in [1.82, 2.24) is 0 Å². The van der Waals surface area contributed by atoms with Crippen molar-refractivity contribution in [1.29, 1.82) is 0 Å². The first-order chi connectivity index (χ1) is 7.90. The molecule has 0 unspecified atom stereocenters. The topological polar surface area (TPSA) is 32.3 Å². The number of rotatable bonds is 3. The summed E-state index contributed by atoms with van der Waals surface area (Å²) in [5.74, 6) is 0. The summed E-state index contributed by atoms with van der Waals surface area (Å²) in [6.07, 6.45) is 2.33. The number of benzene rings is 2. The third kappa shape index (κ3) is 1.38. The van der Waals surface area contributed by atoms with Gasteiger partial charge < -0.3 is 10.4 Å². The Morgan fingerprint density at radius 3 is 2.69 bits per heavy atom. The van der Waals surface area contributed by atoms with E-state index in [4.69, 9.17) is 5.11 Å². The Labute approximate surface area is 94.9 Å². The maximum Gasteiger partial charge on any atom is 0.0604 e. The summed E-state index contributed by atoms with van der Waals surface area (Å²) >= 11 is 0. The molecule has 2 heteroatoms. The van der Waals surface area contributed by atoms with Gasteiger partial charge in [-0.15, -0.1) is 0 Å². The van der Waals surface area contributed by atoms with Crippen molar-refractivity contribution in [2.24, 2.45) is 0 Å². The van der Waals surface area contributed by atoms with Gasteiger partial charge in [0, 0.05) is 17.6 Å². The van der Waals surface area contributed by atoms with Gasteiger partial charge in [-0.3, -0.25) is 0 Å². The Morgan fingerprint density at radius 1 is 1.06 bits per heavy atom. The summed E-state index contributed by atoms with van der Waals surface area (Å²) in [7, 11) is 0. The molecule has 0 saturated heterocycles. The van der Waals surface area contributed by atoms with Crippen molar-refractivity contribution < 1.29 is 5.11 Å². The minimum Gasteiger partial charge on any atom is -0.395 e. The smallest absolute Gasteiger partial charge is 0.0604 e. The molecule has 0 saturated carbocycles. The van der Waals surface area contributed by atoms with Gasteiger partial charge in [-0.2, -0.15) is 0 Å². The van der Waals surface area contributed by atoms with Gasteiger partial charge in [0.1, 0.15) is 0 Å². The molecule has 2 nitrogen and oxygen atoms in total. The van der Waals surface area contributed by atoms with E-state index in [-0.39, 0.29) is 6.61 Å². The van der Waals surface area contributed by atoms with Gasteiger partial charge in [-0.25, -0.2) is 0 Å². The van der Waals surface area contributed by atoms with E-state index in [0.717, 1.165) is 18.5 Å². The van der Waals surface area contributed by atoms with Crippen LogP contribution < -0.4 is 5.32 Å². The number of hydrogen-bond acceptors (Lipinski definition) is 2. The quantitative estimate of drug-likeness (QED) is 0.820. The van der Waals surface area contributed by atoms with E-state index in [1.54, 1.807) is 0 Å². The molecule has 0 radical (unpaired) electrons. The van der Waals surface area contributed by atoms with Crippen molar-refractivity contribution in [3.8, 4) is 0 Å². The van der Waals surface area contributed by atoms with Crippen LogP contribution in [-0.4, -0.2) is 18.3 Å². The average molecular weight is 213 g/mol. The van der Waals surface area contributed by atoms with Gasteiger partial charge in [0.15, 0.2) is 0 Å². The van der Waals surface area contributed by atoms with Crippen LogP contribution in [0.1, 0.15) is 11.1 Å². The fourth-order valence-electron chi connectivity index (χ4n) is 2.59. The number of hydrogen-bond donors (Lipinski definition) is 2. The van der Waals surface area contributed by atoms with Crippen LogP contribution in [0.15, 0.2) is 30.3 Å². The molecule has 0 amide bonds. The van der Waals surface area contributed by atoms with E-state index in [1.165, 1.54) is 21.9 Å². The van der Waals surface area contributed by atoms with Crippen molar-refractivity contribution in [3.05, 3.63) is 41.5 Å². The van der Waals surface area contributed by atoms with E-state index in [2.05, 4.69) is 35.6 Å². The van der Waals surface area contributed by atoms with Crippen LogP contribution in [0.3, 0.4) is 0 Å². The van der Waals surface area contributed by atoms with E-state index in [0.29, 0.717) is 6.54 Å². The predicted octanol–water partition coefficient (Wildman–Crippen LogP) is 2.34. The van der Waals surface area contributed by atoms with Crippen LogP contribution in [-0.2, 0) is 12.8 Å². The standard InChI is InChI=1S/C14H15NO/c16-9-8-15-13-7-6-11-5-4-10-2-1-3-12(13)14(10)11/h1-3,6-7,15-16H,4-5,8-9H2. The SMILES string of the molecule is OCCNc1ccc2c3c(cccc13)CC2. The second-order valence-electron chi connectivity index (χ2n) is 4.26. The largest absolute Gasteiger partial charge is 0.395 e. The van der Waals surface area contributed by atoms with Crippen molar-refractivity contribution >= 4 is 16.5 Å². The minimum atomic E-state index is 0.170. The Hall–Kier alpha value is -1.54. The maximum atomic E-state index is 8.86. The molecule has 0 bridgehead atoms. The zero-order chi connectivity index (χ0) is 11.0. The summed E-state index contributed by atoms with van der Waals surface area (Å²) in [6, 6.07) is 10.8. The molecule has 0 fully saturated rings. The highest BCUT2D eigenvalue weighted by molar-refractivity contribution is 5.99. The molecule has 0 atom stereocenters. The minimum absolute atomic E-state index is 0.170. The summed E-state index contributed by atoms with van der Waals surface area (Å²) in [6.45, 7) is 0.779. The zero-order valence-corrected chi connectivity index (χ0v) is 9.16. The summed E-state index contributed by atoms with van der Waals surface area (Å²) in [4.78, 5) is 0. The zero-order valence-electron chi connectivity index (χ0n) is 9.16. The molecule has 16 heavy (non-hydrogen) atoms. The van der Waals surface area contributed by atoms with Crippen LogP contribution in [0.2, 0.25) is 0 Å². The van der Waals surface area contributed by atoms with Gasteiger partial charge in [0.25, 0.3) is 0 Å². The van der Waals surface area contributed by atoms with Crippen LogP contribution in [0.25, 0.3) is 10.8 Å². The molecule has 0 spiro atoms.